The highest BCUT2D eigenvalue weighted by Crippen LogP contribution is 2.21. The Kier molecular flexibility index (Phi) is 5.01. The molecule has 0 spiro atoms. The second-order valence-electron chi connectivity index (χ2n) is 4.51. The van der Waals surface area contributed by atoms with Crippen molar-refractivity contribution in [2.45, 2.75) is 33.6 Å². The highest BCUT2D eigenvalue weighted by atomic mass is 16.5. The summed E-state index contributed by atoms with van der Waals surface area (Å²) in [6, 6.07) is 5.24. The van der Waals surface area contributed by atoms with Gasteiger partial charge in [-0.05, 0) is 31.4 Å². The number of aryl methyl sites for hydroxylation is 1. The van der Waals surface area contributed by atoms with Crippen LogP contribution in [0, 0.1) is 12.8 Å². The lowest BCUT2D eigenvalue weighted by Gasteiger charge is -2.14. The smallest absolute Gasteiger partial charge is 0.339 e. The minimum atomic E-state index is -0.938. The van der Waals surface area contributed by atoms with Crippen molar-refractivity contribution in [3.8, 4) is 5.75 Å². The van der Waals surface area contributed by atoms with Gasteiger partial charge in [0.05, 0.1) is 6.61 Å². The van der Waals surface area contributed by atoms with Crippen molar-refractivity contribution in [3.05, 3.63) is 29.3 Å². The number of carbonyl (C=O) groups is 1. The fraction of sp³-hybridized carbons (Fsp3) is 0.500. The molecule has 0 saturated carbocycles. The van der Waals surface area contributed by atoms with Gasteiger partial charge in [0.1, 0.15) is 11.3 Å². The van der Waals surface area contributed by atoms with E-state index in [1.165, 1.54) is 0 Å². The van der Waals surface area contributed by atoms with Crippen LogP contribution in [0.2, 0.25) is 0 Å². The quantitative estimate of drug-likeness (QED) is 0.822. The largest absolute Gasteiger partial charge is 0.492 e. The molecule has 0 bridgehead atoms. The Hall–Kier alpha value is -1.51. The fourth-order valence-electron chi connectivity index (χ4n) is 1.74. The molecule has 3 nitrogen and oxygen atoms in total. The summed E-state index contributed by atoms with van der Waals surface area (Å²) in [7, 11) is 0. The Bertz CT molecular complexity index is 385. The highest BCUT2D eigenvalue weighted by molar-refractivity contribution is 5.91. The Morgan fingerprint density at radius 2 is 2.18 bits per heavy atom. The van der Waals surface area contributed by atoms with Gasteiger partial charge in [0.2, 0.25) is 0 Å². The van der Waals surface area contributed by atoms with E-state index in [-0.39, 0.29) is 5.56 Å². The van der Waals surface area contributed by atoms with Crippen LogP contribution in [0.1, 0.15) is 42.6 Å². The predicted octanol–water partition coefficient (Wildman–Crippen LogP) is 3.51. The normalized spacial score (nSPS) is 12.2. The molecule has 0 aliphatic heterocycles. The van der Waals surface area contributed by atoms with Gasteiger partial charge in [0, 0.05) is 0 Å². The topological polar surface area (TPSA) is 46.5 Å². The SMILES string of the molecule is CCCC(C)COc1ccc(C)cc1C(=O)O. The van der Waals surface area contributed by atoms with Crippen LogP contribution in [0.25, 0.3) is 0 Å². The summed E-state index contributed by atoms with van der Waals surface area (Å²) in [4.78, 5) is 11.1. The van der Waals surface area contributed by atoms with Crippen molar-refractivity contribution < 1.29 is 14.6 Å². The molecule has 0 heterocycles. The molecule has 0 aliphatic carbocycles. The van der Waals surface area contributed by atoms with Crippen LogP contribution in [-0.2, 0) is 0 Å². The lowest BCUT2D eigenvalue weighted by atomic mass is 10.1. The van der Waals surface area contributed by atoms with Crippen molar-refractivity contribution in [3.63, 3.8) is 0 Å². The van der Waals surface area contributed by atoms with E-state index in [0.29, 0.717) is 18.3 Å². The molecule has 0 amide bonds. The number of rotatable bonds is 6. The number of aromatic carboxylic acids is 1. The van der Waals surface area contributed by atoms with Gasteiger partial charge < -0.3 is 9.84 Å². The van der Waals surface area contributed by atoms with E-state index < -0.39 is 5.97 Å². The molecule has 0 aromatic heterocycles. The summed E-state index contributed by atoms with van der Waals surface area (Å²) in [5.41, 5.74) is 1.17. The summed E-state index contributed by atoms with van der Waals surface area (Å²) in [6.45, 7) is 6.68. The molecular weight excluding hydrogens is 216 g/mol. The second-order valence-corrected chi connectivity index (χ2v) is 4.51. The van der Waals surface area contributed by atoms with E-state index in [9.17, 15) is 4.79 Å². The first-order valence-corrected chi connectivity index (χ1v) is 6.01. The van der Waals surface area contributed by atoms with Gasteiger partial charge in [0.25, 0.3) is 0 Å². The van der Waals surface area contributed by atoms with E-state index >= 15 is 0 Å². The maximum absolute atomic E-state index is 11.1. The summed E-state index contributed by atoms with van der Waals surface area (Å²) >= 11 is 0. The third-order valence-corrected chi connectivity index (χ3v) is 2.67. The fourth-order valence-corrected chi connectivity index (χ4v) is 1.74. The van der Waals surface area contributed by atoms with Crippen molar-refractivity contribution >= 4 is 5.97 Å². The Morgan fingerprint density at radius 3 is 2.76 bits per heavy atom. The molecule has 0 saturated heterocycles. The summed E-state index contributed by atoms with van der Waals surface area (Å²) in [5.74, 6) is -0.0270. The van der Waals surface area contributed by atoms with Crippen molar-refractivity contribution in [1.29, 1.82) is 0 Å². The number of carboxylic acid groups (broad SMARTS) is 1. The maximum atomic E-state index is 11.1. The standard InChI is InChI=1S/C14H20O3/c1-4-5-11(3)9-17-13-7-6-10(2)8-12(13)14(15)16/h6-8,11H,4-5,9H2,1-3H3,(H,15,16). The van der Waals surface area contributed by atoms with Crippen LogP contribution in [-0.4, -0.2) is 17.7 Å². The average molecular weight is 236 g/mol. The number of carboxylic acids is 1. The van der Waals surface area contributed by atoms with Crippen LogP contribution in [0.15, 0.2) is 18.2 Å². The molecule has 94 valence electrons. The third kappa shape index (κ3) is 4.10. The number of ether oxygens (including phenoxy) is 1. The summed E-state index contributed by atoms with van der Waals surface area (Å²) in [6.07, 6.45) is 2.21. The van der Waals surface area contributed by atoms with Crippen LogP contribution in [0.4, 0.5) is 0 Å². The van der Waals surface area contributed by atoms with Crippen LogP contribution in [0.5, 0.6) is 5.75 Å². The molecule has 1 atom stereocenters. The van der Waals surface area contributed by atoms with E-state index in [4.69, 9.17) is 9.84 Å². The molecule has 1 unspecified atom stereocenters. The minimum Gasteiger partial charge on any atom is -0.492 e. The van der Waals surface area contributed by atoms with Gasteiger partial charge >= 0.3 is 5.97 Å². The number of benzene rings is 1. The molecule has 1 rings (SSSR count). The summed E-state index contributed by atoms with van der Waals surface area (Å²) in [5, 5.41) is 9.08. The van der Waals surface area contributed by atoms with Crippen molar-refractivity contribution in [2.24, 2.45) is 5.92 Å². The molecule has 0 fully saturated rings. The molecule has 0 aliphatic rings. The van der Waals surface area contributed by atoms with Crippen LogP contribution < -0.4 is 4.74 Å². The molecule has 0 radical (unpaired) electrons. The van der Waals surface area contributed by atoms with E-state index in [0.717, 1.165) is 18.4 Å². The second kappa shape index (κ2) is 6.28. The monoisotopic (exact) mass is 236 g/mol. The first kappa shape index (κ1) is 13.6. The predicted molar refractivity (Wildman–Crippen MR) is 67.7 cm³/mol. The third-order valence-electron chi connectivity index (χ3n) is 2.67. The maximum Gasteiger partial charge on any atom is 0.339 e. The molecule has 3 heteroatoms. The van der Waals surface area contributed by atoms with Gasteiger partial charge in [-0.25, -0.2) is 4.79 Å². The molecular formula is C14H20O3. The van der Waals surface area contributed by atoms with Crippen molar-refractivity contribution in [1.82, 2.24) is 0 Å². The minimum absolute atomic E-state index is 0.244. The summed E-state index contributed by atoms with van der Waals surface area (Å²) < 4.78 is 5.59. The highest BCUT2D eigenvalue weighted by Gasteiger charge is 2.12. The first-order chi connectivity index (χ1) is 8.04. The molecule has 1 N–H and O–H groups in total. The zero-order chi connectivity index (χ0) is 12.8. The lowest BCUT2D eigenvalue weighted by molar-refractivity contribution is 0.0691. The number of hydrogen-bond donors (Lipinski definition) is 1. The Labute approximate surface area is 102 Å². The van der Waals surface area contributed by atoms with Gasteiger partial charge in [-0.2, -0.15) is 0 Å². The first-order valence-electron chi connectivity index (χ1n) is 6.01. The average Bonchev–Trinajstić information content (AvgIpc) is 2.27. The van der Waals surface area contributed by atoms with Crippen LogP contribution in [0.3, 0.4) is 0 Å². The molecule has 1 aromatic carbocycles. The Balaban J connectivity index is 2.73. The van der Waals surface area contributed by atoms with Gasteiger partial charge in [-0.1, -0.05) is 31.9 Å². The molecule has 1 aromatic rings. The van der Waals surface area contributed by atoms with Gasteiger partial charge in [-0.3, -0.25) is 0 Å². The zero-order valence-corrected chi connectivity index (χ0v) is 10.7. The van der Waals surface area contributed by atoms with Crippen molar-refractivity contribution in [2.75, 3.05) is 6.61 Å². The number of hydrogen-bond acceptors (Lipinski definition) is 2. The van der Waals surface area contributed by atoms with Gasteiger partial charge in [-0.15, -0.1) is 0 Å². The molecule has 17 heavy (non-hydrogen) atoms. The van der Waals surface area contributed by atoms with E-state index in [1.807, 2.05) is 13.0 Å². The van der Waals surface area contributed by atoms with E-state index in [1.54, 1.807) is 12.1 Å². The lowest BCUT2D eigenvalue weighted by Crippen LogP contribution is -2.11. The van der Waals surface area contributed by atoms with Gasteiger partial charge in [0.15, 0.2) is 0 Å². The Morgan fingerprint density at radius 1 is 1.47 bits per heavy atom. The zero-order valence-electron chi connectivity index (χ0n) is 10.7. The van der Waals surface area contributed by atoms with Crippen LogP contribution >= 0.6 is 0 Å². The van der Waals surface area contributed by atoms with E-state index in [2.05, 4.69) is 13.8 Å².